The molecule has 3 aromatic rings. The van der Waals surface area contributed by atoms with Crippen LogP contribution >= 0.6 is 12.4 Å². The van der Waals surface area contributed by atoms with E-state index in [-0.39, 0.29) is 35.7 Å². The first-order chi connectivity index (χ1) is 19.2. The molecule has 218 valence electrons. The van der Waals surface area contributed by atoms with E-state index in [1.165, 1.54) is 6.26 Å². The number of likely N-dealkylation sites (tertiary alicyclic amines) is 2. The summed E-state index contributed by atoms with van der Waals surface area (Å²) < 4.78 is 23.5. The van der Waals surface area contributed by atoms with Crippen LogP contribution in [-0.4, -0.2) is 62.5 Å². The zero-order valence-electron chi connectivity index (χ0n) is 23.4. The lowest BCUT2D eigenvalue weighted by Crippen LogP contribution is -2.45. The number of carbonyl (C=O) groups is 2. The van der Waals surface area contributed by atoms with E-state index in [0.717, 1.165) is 63.0 Å². The van der Waals surface area contributed by atoms with Gasteiger partial charge in [0.1, 0.15) is 0 Å². The van der Waals surface area contributed by atoms with Crippen LogP contribution in [0.4, 0.5) is 0 Å². The molecular formula is C32H38ClN3O4S. The van der Waals surface area contributed by atoms with Crippen molar-refractivity contribution in [3.05, 3.63) is 102 Å². The molecule has 2 fully saturated rings. The van der Waals surface area contributed by atoms with Gasteiger partial charge in [-0.3, -0.25) is 9.59 Å². The molecule has 3 aromatic carbocycles. The van der Waals surface area contributed by atoms with Gasteiger partial charge in [0.15, 0.2) is 9.84 Å². The van der Waals surface area contributed by atoms with Gasteiger partial charge in [0.25, 0.3) is 5.91 Å². The third-order valence-electron chi connectivity index (χ3n) is 8.42. The summed E-state index contributed by atoms with van der Waals surface area (Å²) >= 11 is 0. The Labute approximate surface area is 249 Å². The average Bonchev–Trinajstić information content (AvgIpc) is 3.26. The molecule has 0 aromatic heterocycles. The molecule has 2 aliphatic heterocycles. The maximum absolute atomic E-state index is 13.5. The smallest absolute Gasteiger partial charge is 0.251 e. The first kappa shape index (κ1) is 30.8. The van der Waals surface area contributed by atoms with Crippen molar-refractivity contribution in [1.82, 2.24) is 15.1 Å². The van der Waals surface area contributed by atoms with Crippen molar-refractivity contribution in [2.75, 3.05) is 32.4 Å². The molecule has 0 aliphatic carbocycles. The highest BCUT2D eigenvalue weighted by Gasteiger charge is 2.47. The van der Waals surface area contributed by atoms with E-state index in [1.807, 2.05) is 53.4 Å². The lowest BCUT2D eigenvalue weighted by Gasteiger charge is -2.38. The van der Waals surface area contributed by atoms with Gasteiger partial charge in [-0.1, -0.05) is 60.7 Å². The monoisotopic (exact) mass is 595 g/mol. The standard InChI is InChI=1S/C32H37N3O4S.ClH/c1-40(38,39)28-14-12-25(13-15-28)24-35-23-19-32(31(35)37)17-21-34(22-18-32)20-16-29(26-8-4-2-5-9-26)33-30(36)27-10-6-3-7-11-27;/h2-15,29H,16-24H2,1H3,(H,33,36);1H. The van der Waals surface area contributed by atoms with Crippen LogP contribution in [0, 0.1) is 5.41 Å². The summed E-state index contributed by atoms with van der Waals surface area (Å²) in [5.74, 6) is 0.145. The highest BCUT2D eigenvalue weighted by Crippen LogP contribution is 2.42. The first-order valence-electron chi connectivity index (χ1n) is 14.0. The molecule has 1 spiro atoms. The predicted molar refractivity (Wildman–Crippen MR) is 163 cm³/mol. The van der Waals surface area contributed by atoms with Crippen molar-refractivity contribution < 1.29 is 18.0 Å². The summed E-state index contributed by atoms with van der Waals surface area (Å²) in [5.41, 5.74) is 2.38. The summed E-state index contributed by atoms with van der Waals surface area (Å²) in [6.45, 7) is 3.80. The molecule has 0 radical (unpaired) electrons. The minimum absolute atomic E-state index is 0. The molecule has 2 heterocycles. The predicted octanol–water partition coefficient (Wildman–Crippen LogP) is 4.89. The van der Waals surface area contributed by atoms with E-state index in [4.69, 9.17) is 0 Å². The molecule has 41 heavy (non-hydrogen) atoms. The Kier molecular flexibility index (Phi) is 9.89. The van der Waals surface area contributed by atoms with Crippen molar-refractivity contribution in [2.45, 2.75) is 43.2 Å². The zero-order valence-corrected chi connectivity index (χ0v) is 25.0. The molecule has 5 rings (SSSR count). The second-order valence-electron chi connectivity index (χ2n) is 11.1. The summed E-state index contributed by atoms with van der Waals surface area (Å²) in [6, 6.07) is 26.1. The van der Waals surface area contributed by atoms with E-state index in [1.54, 1.807) is 24.3 Å². The Morgan fingerprint density at radius 2 is 1.46 bits per heavy atom. The molecule has 1 unspecified atom stereocenters. The molecule has 0 saturated carbocycles. The number of halogens is 1. The Morgan fingerprint density at radius 1 is 0.878 bits per heavy atom. The van der Waals surface area contributed by atoms with Crippen molar-refractivity contribution in [2.24, 2.45) is 5.41 Å². The van der Waals surface area contributed by atoms with Gasteiger partial charge in [-0.2, -0.15) is 0 Å². The third-order valence-corrected chi connectivity index (χ3v) is 9.54. The van der Waals surface area contributed by atoms with Crippen LogP contribution in [0.3, 0.4) is 0 Å². The molecule has 2 amide bonds. The minimum Gasteiger partial charge on any atom is -0.345 e. The maximum Gasteiger partial charge on any atom is 0.251 e. The fourth-order valence-corrected chi connectivity index (χ4v) is 6.56. The fraction of sp³-hybridized carbons (Fsp3) is 0.375. The summed E-state index contributed by atoms with van der Waals surface area (Å²) in [4.78, 5) is 31.0. The van der Waals surface area contributed by atoms with Crippen LogP contribution in [0.25, 0.3) is 0 Å². The fourth-order valence-electron chi connectivity index (χ4n) is 5.92. The maximum atomic E-state index is 13.5. The van der Waals surface area contributed by atoms with Gasteiger partial charge in [-0.25, -0.2) is 8.42 Å². The topological polar surface area (TPSA) is 86.8 Å². The largest absolute Gasteiger partial charge is 0.345 e. The van der Waals surface area contributed by atoms with Crippen LogP contribution in [0.15, 0.2) is 89.8 Å². The van der Waals surface area contributed by atoms with Crippen LogP contribution in [0.5, 0.6) is 0 Å². The van der Waals surface area contributed by atoms with E-state index in [0.29, 0.717) is 17.0 Å². The number of nitrogens with zero attached hydrogens (tertiary/aromatic N) is 2. The average molecular weight is 596 g/mol. The van der Waals surface area contributed by atoms with Gasteiger partial charge in [0.2, 0.25) is 5.91 Å². The van der Waals surface area contributed by atoms with Crippen molar-refractivity contribution in [1.29, 1.82) is 0 Å². The number of piperidine rings is 1. The highest BCUT2D eigenvalue weighted by atomic mass is 35.5. The molecular weight excluding hydrogens is 558 g/mol. The Bertz CT molecular complexity index is 1420. The number of amides is 2. The Balaban J connectivity index is 0.00000387. The Hall–Kier alpha value is -3.20. The number of hydrogen-bond acceptors (Lipinski definition) is 5. The molecule has 0 bridgehead atoms. The molecule has 2 saturated heterocycles. The number of sulfone groups is 1. The van der Waals surface area contributed by atoms with Gasteiger partial charge in [0, 0.05) is 31.5 Å². The van der Waals surface area contributed by atoms with Gasteiger partial charge < -0.3 is 15.1 Å². The lowest BCUT2D eigenvalue weighted by molar-refractivity contribution is -0.138. The minimum atomic E-state index is -3.24. The van der Waals surface area contributed by atoms with Gasteiger partial charge in [0.05, 0.1) is 16.4 Å². The van der Waals surface area contributed by atoms with Gasteiger partial charge in [-0.05, 0) is 74.2 Å². The zero-order chi connectivity index (χ0) is 28.2. The molecule has 7 nitrogen and oxygen atoms in total. The molecule has 9 heteroatoms. The second-order valence-corrected chi connectivity index (χ2v) is 13.1. The number of nitrogens with one attached hydrogen (secondary N) is 1. The highest BCUT2D eigenvalue weighted by molar-refractivity contribution is 7.90. The number of benzene rings is 3. The summed E-state index contributed by atoms with van der Waals surface area (Å²) in [6.07, 6.45) is 4.52. The van der Waals surface area contributed by atoms with E-state index < -0.39 is 9.84 Å². The lowest BCUT2D eigenvalue weighted by atomic mass is 9.77. The van der Waals surface area contributed by atoms with Crippen LogP contribution in [0.2, 0.25) is 0 Å². The van der Waals surface area contributed by atoms with Crippen LogP contribution in [0.1, 0.15) is 53.2 Å². The van der Waals surface area contributed by atoms with Crippen molar-refractivity contribution >= 4 is 34.1 Å². The van der Waals surface area contributed by atoms with Gasteiger partial charge >= 0.3 is 0 Å². The van der Waals surface area contributed by atoms with Crippen LogP contribution in [-0.2, 0) is 21.2 Å². The molecule has 1 N–H and O–H groups in total. The number of carbonyl (C=O) groups excluding carboxylic acids is 2. The van der Waals surface area contributed by atoms with Crippen molar-refractivity contribution in [3.8, 4) is 0 Å². The summed E-state index contributed by atoms with van der Waals surface area (Å²) in [5, 5.41) is 3.23. The van der Waals surface area contributed by atoms with E-state index in [2.05, 4.69) is 22.3 Å². The third kappa shape index (κ3) is 7.36. The Morgan fingerprint density at radius 3 is 2.07 bits per heavy atom. The molecule has 2 aliphatic rings. The first-order valence-corrected chi connectivity index (χ1v) is 15.8. The van der Waals surface area contributed by atoms with Crippen molar-refractivity contribution in [3.63, 3.8) is 0 Å². The SMILES string of the molecule is CS(=O)(=O)c1ccc(CN2CCC3(CCN(CCC(NC(=O)c4ccccc4)c4ccccc4)CC3)C2=O)cc1.Cl. The second kappa shape index (κ2) is 13.2. The quantitative estimate of drug-likeness (QED) is 0.381. The van der Waals surface area contributed by atoms with Gasteiger partial charge in [-0.15, -0.1) is 12.4 Å². The van der Waals surface area contributed by atoms with E-state index in [9.17, 15) is 18.0 Å². The molecule has 1 atom stereocenters. The summed E-state index contributed by atoms with van der Waals surface area (Å²) in [7, 11) is -3.24. The normalized spacial score (nSPS) is 17.7. The number of hydrogen-bond donors (Lipinski definition) is 1. The number of rotatable bonds is 9. The van der Waals surface area contributed by atoms with Crippen LogP contribution < -0.4 is 5.32 Å². The van der Waals surface area contributed by atoms with E-state index >= 15 is 0 Å².